The maximum absolute atomic E-state index is 14.4. The van der Waals surface area contributed by atoms with E-state index >= 15 is 0 Å². The SMILES string of the molecule is Cc1cc(=O)oc2c1ccc1oc(C(=O)c3cc(F)ccc3F)c(-c3ccccc3)c12. The van der Waals surface area contributed by atoms with E-state index < -0.39 is 28.6 Å². The van der Waals surface area contributed by atoms with Gasteiger partial charge >= 0.3 is 5.63 Å². The van der Waals surface area contributed by atoms with Gasteiger partial charge in [0.15, 0.2) is 5.76 Å². The van der Waals surface area contributed by atoms with Gasteiger partial charge in [0.2, 0.25) is 5.78 Å². The molecule has 0 fully saturated rings. The third kappa shape index (κ3) is 3.04. The van der Waals surface area contributed by atoms with Crippen LogP contribution in [0.5, 0.6) is 0 Å². The van der Waals surface area contributed by atoms with Gasteiger partial charge in [-0.3, -0.25) is 4.79 Å². The van der Waals surface area contributed by atoms with Crippen molar-refractivity contribution in [1.82, 2.24) is 0 Å². The number of carbonyl (C=O) groups is 1. The molecular weight excluding hydrogens is 402 g/mol. The Morgan fingerprint density at radius 3 is 2.45 bits per heavy atom. The van der Waals surface area contributed by atoms with Crippen LogP contribution in [0.25, 0.3) is 33.1 Å². The van der Waals surface area contributed by atoms with Crippen LogP contribution in [0.4, 0.5) is 8.78 Å². The number of aryl methyl sites for hydroxylation is 1. The lowest BCUT2D eigenvalue weighted by molar-refractivity contribution is 0.101. The van der Waals surface area contributed by atoms with Crippen LogP contribution in [0.15, 0.2) is 80.4 Å². The number of benzene rings is 3. The number of halogens is 2. The minimum absolute atomic E-state index is 0.164. The van der Waals surface area contributed by atoms with Gasteiger partial charge in [0, 0.05) is 17.0 Å². The Balaban J connectivity index is 1.92. The lowest BCUT2D eigenvalue weighted by Crippen LogP contribution is -2.05. The molecule has 0 saturated carbocycles. The summed E-state index contributed by atoms with van der Waals surface area (Å²) < 4.78 is 39.5. The Hall–Kier alpha value is -4.06. The molecule has 152 valence electrons. The number of ketones is 1. The molecule has 31 heavy (non-hydrogen) atoms. The molecule has 0 bridgehead atoms. The third-order valence-corrected chi connectivity index (χ3v) is 5.21. The smallest absolute Gasteiger partial charge is 0.336 e. The molecule has 0 saturated heterocycles. The van der Waals surface area contributed by atoms with Crippen LogP contribution in [-0.2, 0) is 0 Å². The normalized spacial score (nSPS) is 11.3. The van der Waals surface area contributed by atoms with Gasteiger partial charge in [-0.15, -0.1) is 0 Å². The largest absolute Gasteiger partial charge is 0.452 e. The number of rotatable bonds is 3. The molecule has 0 aliphatic rings. The van der Waals surface area contributed by atoms with Crippen LogP contribution in [-0.4, -0.2) is 5.78 Å². The molecule has 2 heterocycles. The van der Waals surface area contributed by atoms with Gasteiger partial charge in [0.05, 0.1) is 10.9 Å². The Morgan fingerprint density at radius 2 is 1.68 bits per heavy atom. The van der Waals surface area contributed by atoms with Crippen molar-refractivity contribution in [2.75, 3.05) is 0 Å². The quantitative estimate of drug-likeness (QED) is 0.266. The van der Waals surface area contributed by atoms with Crippen LogP contribution < -0.4 is 5.63 Å². The van der Waals surface area contributed by atoms with Crippen molar-refractivity contribution in [3.05, 3.63) is 106 Å². The van der Waals surface area contributed by atoms with Gasteiger partial charge in [0.25, 0.3) is 0 Å². The van der Waals surface area contributed by atoms with Crippen LogP contribution in [0.3, 0.4) is 0 Å². The minimum atomic E-state index is -0.863. The van der Waals surface area contributed by atoms with Crippen molar-refractivity contribution in [1.29, 1.82) is 0 Å². The zero-order valence-electron chi connectivity index (χ0n) is 16.2. The fourth-order valence-electron chi connectivity index (χ4n) is 3.80. The van der Waals surface area contributed by atoms with Crippen molar-refractivity contribution in [3.63, 3.8) is 0 Å². The minimum Gasteiger partial charge on any atom is -0.452 e. The van der Waals surface area contributed by atoms with E-state index in [1.165, 1.54) is 6.07 Å². The molecule has 6 heteroatoms. The summed E-state index contributed by atoms with van der Waals surface area (Å²) in [6.07, 6.45) is 0. The second-order valence-corrected chi connectivity index (χ2v) is 7.19. The first-order chi connectivity index (χ1) is 14.9. The van der Waals surface area contributed by atoms with Gasteiger partial charge in [-0.1, -0.05) is 30.3 Å². The van der Waals surface area contributed by atoms with E-state index in [1.807, 2.05) is 6.07 Å². The third-order valence-electron chi connectivity index (χ3n) is 5.21. The summed E-state index contributed by atoms with van der Waals surface area (Å²) in [4.78, 5) is 25.3. The van der Waals surface area contributed by atoms with Gasteiger partial charge < -0.3 is 8.83 Å². The lowest BCUT2D eigenvalue weighted by Gasteiger charge is -2.06. The number of hydrogen-bond donors (Lipinski definition) is 0. The Labute approximate surface area is 174 Å². The van der Waals surface area contributed by atoms with Gasteiger partial charge in [-0.05, 0) is 48.4 Å². The molecule has 0 unspecified atom stereocenters. The highest BCUT2D eigenvalue weighted by molar-refractivity contribution is 6.20. The molecule has 4 nitrogen and oxygen atoms in total. The molecular formula is C25H14F2O4. The van der Waals surface area contributed by atoms with E-state index in [4.69, 9.17) is 8.83 Å². The van der Waals surface area contributed by atoms with Gasteiger partial charge in [-0.2, -0.15) is 0 Å². The predicted molar refractivity (Wildman–Crippen MR) is 112 cm³/mol. The average Bonchev–Trinajstić information content (AvgIpc) is 3.15. The van der Waals surface area contributed by atoms with Crippen molar-refractivity contribution < 1.29 is 22.4 Å². The molecule has 3 aromatic carbocycles. The Kier molecular flexibility index (Phi) is 4.29. The topological polar surface area (TPSA) is 60.4 Å². The summed E-state index contributed by atoms with van der Waals surface area (Å²) in [6.45, 7) is 1.78. The van der Waals surface area contributed by atoms with E-state index in [-0.39, 0.29) is 11.3 Å². The Morgan fingerprint density at radius 1 is 0.903 bits per heavy atom. The molecule has 2 aromatic heterocycles. The summed E-state index contributed by atoms with van der Waals surface area (Å²) in [5.74, 6) is -2.58. The fraction of sp³-hybridized carbons (Fsp3) is 0.0400. The molecule has 0 atom stereocenters. The lowest BCUT2D eigenvalue weighted by atomic mass is 9.96. The molecule has 0 spiro atoms. The summed E-state index contributed by atoms with van der Waals surface area (Å²) in [7, 11) is 0. The van der Waals surface area contributed by atoms with E-state index in [2.05, 4.69) is 0 Å². The average molecular weight is 416 g/mol. The van der Waals surface area contributed by atoms with Crippen LogP contribution in [0, 0.1) is 18.6 Å². The highest BCUT2D eigenvalue weighted by atomic mass is 19.1. The first-order valence-electron chi connectivity index (χ1n) is 9.49. The maximum atomic E-state index is 14.4. The van der Waals surface area contributed by atoms with E-state index in [0.717, 1.165) is 18.2 Å². The van der Waals surface area contributed by atoms with Crippen molar-refractivity contribution in [3.8, 4) is 11.1 Å². The maximum Gasteiger partial charge on any atom is 0.336 e. The highest BCUT2D eigenvalue weighted by Crippen LogP contribution is 2.40. The summed E-state index contributed by atoms with van der Waals surface area (Å²) in [5, 5.41) is 1.10. The second kappa shape index (κ2) is 7.02. The van der Waals surface area contributed by atoms with E-state index in [1.54, 1.807) is 43.3 Å². The second-order valence-electron chi connectivity index (χ2n) is 7.19. The number of fused-ring (bicyclic) bond motifs is 3. The predicted octanol–water partition coefficient (Wildman–Crippen LogP) is 6.02. The summed E-state index contributed by atoms with van der Waals surface area (Å²) in [5.41, 5.74) is 1.24. The van der Waals surface area contributed by atoms with E-state index in [0.29, 0.717) is 33.0 Å². The standard InChI is InChI=1S/C25H14F2O4/c1-13-11-20(28)31-24-16(13)8-10-19-22(24)21(14-5-3-2-4-6-14)25(30-19)23(29)17-12-15(26)7-9-18(17)27/h2-12H,1H3. The van der Waals surface area contributed by atoms with Crippen LogP contribution >= 0.6 is 0 Å². The molecule has 0 radical (unpaired) electrons. The molecule has 5 aromatic rings. The number of hydrogen-bond acceptors (Lipinski definition) is 4. The van der Waals surface area contributed by atoms with Crippen LogP contribution in [0.2, 0.25) is 0 Å². The van der Waals surface area contributed by atoms with Crippen molar-refractivity contribution >= 4 is 27.7 Å². The van der Waals surface area contributed by atoms with Gasteiger partial charge in [-0.25, -0.2) is 13.6 Å². The van der Waals surface area contributed by atoms with Gasteiger partial charge in [0.1, 0.15) is 22.8 Å². The molecule has 0 aliphatic carbocycles. The first-order valence-corrected chi connectivity index (χ1v) is 9.49. The number of carbonyl (C=O) groups excluding carboxylic acids is 1. The monoisotopic (exact) mass is 416 g/mol. The molecule has 5 rings (SSSR count). The summed E-state index contributed by atoms with van der Waals surface area (Å²) in [6, 6.07) is 16.3. The van der Waals surface area contributed by atoms with Crippen LogP contribution in [0.1, 0.15) is 21.7 Å². The zero-order valence-corrected chi connectivity index (χ0v) is 16.2. The molecule has 0 amide bonds. The summed E-state index contributed by atoms with van der Waals surface area (Å²) >= 11 is 0. The van der Waals surface area contributed by atoms with E-state index in [9.17, 15) is 18.4 Å². The molecule has 0 aliphatic heterocycles. The molecule has 0 N–H and O–H groups in total. The zero-order chi connectivity index (χ0) is 21.7. The Bertz CT molecular complexity index is 1550. The highest BCUT2D eigenvalue weighted by Gasteiger charge is 2.27. The number of furan rings is 1. The first kappa shape index (κ1) is 18.9. The van der Waals surface area contributed by atoms with Crippen molar-refractivity contribution in [2.24, 2.45) is 0 Å². The van der Waals surface area contributed by atoms with Crippen molar-refractivity contribution in [2.45, 2.75) is 6.92 Å². The fourth-order valence-corrected chi connectivity index (χ4v) is 3.80.